The number of carbonyl (C=O) groups excluding carboxylic acids is 3. The monoisotopic (exact) mass is 758 g/mol. The zero-order valence-electron chi connectivity index (χ0n) is 30.6. The van der Waals surface area contributed by atoms with Gasteiger partial charge in [0.2, 0.25) is 5.91 Å². The number of alkyl carbamates (subject to hydrolysis) is 1. The van der Waals surface area contributed by atoms with Crippen LogP contribution >= 0.6 is 0 Å². The summed E-state index contributed by atoms with van der Waals surface area (Å²) in [5.74, 6) is -2.97. The molecule has 12 nitrogen and oxygen atoms in total. The second-order valence-corrected chi connectivity index (χ2v) is 14.1. The highest BCUT2D eigenvalue weighted by Crippen LogP contribution is 2.33. The lowest BCUT2D eigenvalue weighted by Gasteiger charge is -2.39. The highest BCUT2D eigenvalue weighted by atomic mass is 19.1. The van der Waals surface area contributed by atoms with Gasteiger partial charge in [-0.15, -0.1) is 0 Å². The number of nitrogens with one attached hydrogen (secondary N) is 3. The maximum Gasteiger partial charge on any atom is 0.411 e. The summed E-state index contributed by atoms with van der Waals surface area (Å²) in [6.07, 6.45) is 0.518. The van der Waals surface area contributed by atoms with Crippen LogP contribution in [0.25, 0.3) is 11.0 Å². The number of imidazole rings is 1. The Morgan fingerprint density at radius 2 is 1.62 bits per heavy atom. The van der Waals surface area contributed by atoms with Crippen LogP contribution in [0.1, 0.15) is 61.7 Å². The normalized spacial score (nSPS) is 16.5. The molecule has 1 aliphatic rings. The number of carbonyl (C=O) groups is 3. The van der Waals surface area contributed by atoms with Gasteiger partial charge in [-0.1, -0.05) is 36.4 Å². The van der Waals surface area contributed by atoms with Crippen molar-refractivity contribution in [1.29, 1.82) is 0 Å². The number of aromatic nitrogens is 3. The predicted molar refractivity (Wildman–Crippen MR) is 197 cm³/mol. The summed E-state index contributed by atoms with van der Waals surface area (Å²) >= 11 is 0. The highest BCUT2D eigenvalue weighted by molar-refractivity contribution is 5.98. The zero-order chi connectivity index (χ0) is 39.3. The first-order valence-electron chi connectivity index (χ1n) is 17.6. The molecule has 0 spiro atoms. The van der Waals surface area contributed by atoms with Crippen molar-refractivity contribution < 1.29 is 41.8 Å². The van der Waals surface area contributed by atoms with Crippen LogP contribution in [-0.4, -0.2) is 76.0 Å². The van der Waals surface area contributed by atoms with E-state index < -0.39 is 65.3 Å². The molecule has 55 heavy (non-hydrogen) atoms. The van der Waals surface area contributed by atoms with E-state index >= 15 is 4.39 Å². The quantitative estimate of drug-likeness (QED) is 0.136. The predicted octanol–water partition coefficient (Wildman–Crippen LogP) is 7.18. The molecule has 3 N–H and O–H groups in total. The van der Waals surface area contributed by atoms with Crippen molar-refractivity contribution in [3.63, 3.8) is 0 Å². The van der Waals surface area contributed by atoms with Gasteiger partial charge in [-0.25, -0.2) is 27.7 Å². The molecule has 3 amide bonds. The molecule has 0 aliphatic carbocycles. The van der Waals surface area contributed by atoms with Crippen LogP contribution in [-0.2, 0) is 25.4 Å². The molecule has 2 aromatic heterocycles. The molecule has 15 heteroatoms. The van der Waals surface area contributed by atoms with Crippen LogP contribution in [0.5, 0.6) is 0 Å². The molecule has 288 valence electrons. The molecule has 1 fully saturated rings. The summed E-state index contributed by atoms with van der Waals surface area (Å²) < 4.78 is 60.3. The molecule has 0 saturated carbocycles. The van der Waals surface area contributed by atoms with E-state index in [1.54, 1.807) is 25.7 Å². The largest absolute Gasteiger partial charge is 0.453 e. The maximum atomic E-state index is 15.5. The van der Waals surface area contributed by atoms with Crippen molar-refractivity contribution >= 4 is 34.8 Å². The average Bonchev–Trinajstić information content (AvgIpc) is 3.59. The lowest BCUT2D eigenvalue weighted by molar-refractivity contribution is -0.118. The maximum absolute atomic E-state index is 15.5. The lowest BCUT2D eigenvalue weighted by atomic mass is 9.84. The van der Waals surface area contributed by atoms with Gasteiger partial charge in [0.1, 0.15) is 41.0 Å². The van der Waals surface area contributed by atoms with E-state index in [2.05, 4.69) is 25.6 Å². The van der Waals surface area contributed by atoms with E-state index in [4.69, 9.17) is 14.2 Å². The number of fused-ring (bicyclic) bond motifs is 1. The minimum absolute atomic E-state index is 0.0265. The summed E-state index contributed by atoms with van der Waals surface area (Å²) in [5.41, 5.74) is 1.74. The van der Waals surface area contributed by atoms with Gasteiger partial charge in [0.05, 0.1) is 55.5 Å². The Kier molecular flexibility index (Phi) is 11.7. The van der Waals surface area contributed by atoms with Gasteiger partial charge >= 0.3 is 12.2 Å². The fraction of sp³-hybridized carbons (Fsp3) is 0.325. The van der Waals surface area contributed by atoms with E-state index in [-0.39, 0.29) is 37.2 Å². The van der Waals surface area contributed by atoms with Crippen molar-refractivity contribution in [3.8, 4) is 0 Å². The standard InChI is InChI=1S/C40H41F3N6O6/c1-40(2,3)55-39(52)49-21-27(54-22-33(49)36-45-30-7-5-6-8-31(30)46-36)17-18-28-29(43)19-44-20-32(28)47-37(50)35(48-38(51)53-4)34(23-9-13-25(41)14-10-23)24-11-15-26(42)16-12-24/h5-16,19-20,27,33-35H,17-18,21-22H2,1-4H3,(H,45,46)(H,47,50)(H,48,51)/t27-,33+,35?/m1/s1. The zero-order valence-corrected chi connectivity index (χ0v) is 30.6. The van der Waals surface area contributed by atoms with E-state index in [0.717, 1.165) is 24.3 Å². The number of halogens is 3. The van der Waals surface area contributed by atoms with Crippen molar-refractivity contribution in [2.45, 2.75) is 63.3 Å². The van der Waals surface area contributed by atoms with Gasteiger partial charge in [-0.05, 0) is 81.1 Å². The summed E-state index contributed by atoms with van der Waals surface area (Å²) in [4.78, 5) is 53.7. The molecule has 1 unspecified atom stereocenters. The molecule has 0 radical (unpaired) electrons. The first kappa shape index (κ1) is 38.8. The smallest absolute Gasteiger partial charge is 0.411 e. The Labute approximate surface area is 315 Å². The van der Waals surface area contributed by atoms with Gasteiger partial charge in [-0.3, -0.25) is 14.7 Å². The van der Waals surface area contributed by atoms with Crippen LogP contribution in [0.2, 0.25) is 0 Å². The number of hydrogen-bond donors (Lipinski definition) is 3. The number of morpholine rings is 1. The van der Waals surface area contributed by atoms with Crippen molar-refractivity contribution in [2.75, 3.05) is 25.6 Å². The van der Waals surface area contributed by atoms with Gasteiger partial charge < -0.3 is 29.8 Å². The molecule has 0 bridgehead atoms. The van der Waals surface area contributed by atoms with Crippen LogP contribution in [0.4, 0.5) is 28.4 Å². The van der Waals surface area contributed by atoms with Gasteiger partial charge in [0.25, 0.3) is 0 Å². The van der Waals surface area contributed by atoms with Crippen LogP contribution < -0.4 is 10.6 Å². The van der Waals surface area contributed by atoms with Crippen molar-refractivity contribution in [2.24, 2.45) is 0 Å². The van der Waals surface area contributed by atoms with Crippen LogP contribution in [0.3, 0.4) is 0 Å². The number of ether oxygens (including phenoxy) is 3. The van der Waals surface area contributed by atoms with Gasteiger partial charge in [-0.2, -0.15) is 0 Å². The average molecular weight is 759 g/mol. The van der Waals surface area contributed by atoms with E-state index in [1.165, 1.54) is 54.7 Å². The number of para-hydroxylation sites is 2. The molecule has 3 heterocycles. The Morgan fingerprint density at radius 1 is 0.964 bits per heavy atom. The number of nitrogens with zero attached hydrogens (tertiary/aromatic N) is 3. The summed E-state index contributed by atoms with van der Waals surface area (Å²) in [6.45, 7) is 5.50. The Morgan fingerprint density at radius 3 is 2.24 bits per heavy atom. The first-order valence-corrected chi connectivity index (χ1v) is 17.6. The van der Waals surface area contributed by atoms with E-state index in [9.17, 15) is 23.2 Å². The number of rotatable bonds is 10. The van der Waals surface area contributed by atoms with Gasteiger partial charge in [0, 0.05) is 11.5 Å². The van der Waals surface area contributed by atoms with Crippen molar-refractivity contribution in [1.82, 2.24) is 25.2 Å². The molecule has 5 aromatic rings. The lowest BCUT2D eigenvalue weighted by Crippen LogP contribution is -2.49. The summed E-state index contributed by atoms with van der Waals surface area (Å²) in [6, 6.07) is 16.1. The number of methoxy groups -OCH3 is 1. The van der Waals surface area contributed by atoms with E-state index in [0.29, 0.717) is 17.0 Å². The van der Waals surface area contributed by atoms with Gasteiger partial charge in [0.15, 0.2) is 0 Å². The fourth-order valence-corrected chi connectivity index (χ4v) is 6.51. The molecule has 1 saturated heterocycles. The number of H-pyrrole nitrogens is 1. The number of aromatic amines is 1. The summed E-state index contributed by atoms with van der Waals surface area (Å²) in [5, 5.41) is 5.24. The Bertz CT molecular complexity index is 2060. The van der Waals surface area contributed by atoms with Crippen LogP contribution in [0.15, 0.2) is 85.2 Å². The topological polar surface area (TPSA) is 148 Å². The molecular weight excluding hydrogens is 717 g/mol. The first-order chi connectivity index (χ1) is 26.3. The fourth-order valence-electron chi connectivity index (χ4n) is 6.51. The minimum atomic E-state index is -1.40. The number of hydrogen-bond acceptors (Lipinski definition) is 8. The second-order valence-electron chi connectivity index (χ2n) is 14.1. The number of benzene rings is 3. The molecule has 3 atom stereocenters. The highest BCUT2D eigenvalue weighted by Gasteiger charge is 2.38. The molecule has 1 aliphatic heterocycles. The van der Waals surface area contributed by atoms with Crippen molar-refractivity contribution in [3.05, 3.63) is 125 Å². The minimum Gasteiger partial charge on any atom is -0.453 e. The van der Waals surface area contributed by atoms with Crippen LogP contribution in [0, 0.1) is 17.5 Å². The third kappa shape index (κ3) is 9.41. The number of anilines is 1. The number of amides is 3. The Balaban J connectivity index is 1.24. The number of pyridine rings is 1. The molecule has 6 rings (SSSR count). The molecular formula is C40H41F3N6O6. The summed E-state index contributed by atoms with van der Waals surface area (Å²) in [7, 11) is 1.12. The molecule has 3 aromatic carbocycles. The Hall–Kier alpha value is -5.96. The third-order valence-electron chi connectivity index (χ3n) is 9.13. The van der Waals surface area contributed by atoms with E-state index in [1.807, 2.05) is 24.3 Å². The SMILES string of the molecule is COC(=O)NC(C(=O)Nc1cncc(F)c1CC[C@@H]1CN(C(=O)OC(C)(C)C)[C@H](c2nc3ccccc3[nH]2)CO1)C(c1ccc(F)cc1)c1ccc(F)cc1. The second kappa shape index (κ2) is 16.6. The third-order valence-corrected chi connectivity index (χ3v) is 9.13.